The van der Waals surface area contributed by atoms with Gasteiger partial charge in [-0.3, -0.25) is 5.10 Å². The minimum absolute atomic E-state index is 0.0258. The number of aryl methyl sites for hydroxylation is 1. The van der Waals surface area contributed by atoms with Crippen LogP contribution in [0.2, 0.25) is 0 Å². The van der Waals surface area contributed by atoms with Gasteiger partial charge in [0, 0.05) is 5.56 Å². The summed E-state index contributed by atoms with van der Waals surface area (Å²) in [4.78, 5) is 0. The number of aromatic nitrogens is 2. The van der Waals surface area contributed by atoms with Crippen LogP contribution in [0.3, 0.4) is 0 Å². The fourth-order valence-corrected chi connectivity index (χ4v) is 1.44. The monoisotopic (exact) mass is 224 g/mol. The summed E-state index contributed by atoms with van der Waals surface area (Å²) in [7, 11) is 0. The van der Waals surface area contributed by atoms with E-state index >= 15 is 0 Å². The number of nitrogens with one attached hydrogen (secondary N) is 1. The molecule has 16 heavy (non-hydrogen) atoms. The Morgan fingerprint density at radius 1 is 1.31 bits per heavy atom. The van der Waals surface area contributed by atoms with E-state index < -0.39 is 6.43 Å². The normalized spacial score (nSPS) is 11.0. The molecule has 0 saturated heterocycles. The molecule has 2 rings (SSSR count). The summed E-state index contributed by atoms with van der Waals surface area (Å²) < 4.78 is 24.7. The zero-order valence-electron chi connectivity index (χ0n) is 8.54. The van der Waals surface area contributed by atoms with Crippen molar-refractivity contribution in [1.82, 2.24) is 10.2 Å². The van der Waals surface area contributed by atoms with Crippen LogP contribution < -0.4 is 0 Å². The molecular weight excluding hydrogens is 214 g/mol. The Morgan fingerprint density at radius 3 is 2.69 bits per heavy atom. The number of halogens is 2. The van der Waals surface area contributed by atoms with Gasteiger partial charge in [-0.25, -0.2) is 8.78 Å². The molecule has 1 heterocycles. The van der Waals surface area contributed by atoms with Gasteiger partial charge in [-0.15, -0.1) is 0 Å². The molecule has 0 spiro atoms. The van der Waals surface area contributed by atoms with Gasteiger partial charge >= 0.3 is 0 Å². The van der Waals surface area contributed by atoms with Crippen LogP contribution >= 0.6 is 0 Å². The Morgan fingerprint density at radius 2 is 2.06 bits per heavy atom. The fraction of sp³-hybridized carbons (Fsp3) is 0.182. The number of H-pyrrole nitrogens is 1. The van der Waals surface area contributed by atoms with Gasteiger partial charge < -0.3 is 5.11 Å². The summed E-state index contributed by atoms with van der Waals surface area (Å²) in [5.41, 5.74) is 1.44. The van der Waals surface area contributed by atoms with Crippen LogP contribution in [-0.4, -0.2) is 15.3 Å². The lowest BCUT2D eigenvalue weighted by Crippen LogP contribution is -1.81. The van der Waals surface area contributed by atoms with Crippen molar-refractivity contribution in [2.45, 2.75) is 13.3 Å². The maximum absolute atomic E-state index is 12.3. The molecule has 5 heteroatoms. The molecule has 0 atom stereocenters. The molecule has 0 radical (unpaired) electrons. The quantitative estimate of drug-likeness (QED) is 0.823. The number of aromatic amines is 1. The third kappa shape index (κ3) is 1.88. The zero-order chi connectivity index (χ0) is 11.7. The molecule has 2 N–H and O–H groups in total. The number of hydrogen-bond acceptors (Lipinski definition) is 2. The first kappa shape index (κ1) is 10.6. The highest BCUT2D eigenvalue weighted by molar-refractivity contribution is 5.67. The molecule has 0 unspecified atom stereocenters. The van der Waals surface area contributed by atoms with Crippen LogP contribution in [0.25, 0.3) is 11.3 Å². The smallest absolute Gasteiger partial charge is 0.279 e. The maximum Gasteiger partial charge on any atom is 0.279 e. The highest BCUT2D eigenvalue weighted by Crippen LogP contribution is 2.30. The van der Waals surface area contributed by atoms with Crippen molar-refractivity contribution in [3.05, 3.63) is 35.5 Å². The third-order valence-electron chi connectivity index (χ3n) is 2.26. The molecule has 0 bridgehead atoms. The molecule has 3 nitrogen and oxygen atoms in total. The fourth-order valence-electron chi connectivity index (χ4n) is 1.44. The minimum atomic E-state index is -2.59. The minimum Gasteiger partial charge on any atom is -0.507 e. The second-order valence-corrected chi connectivity index (χ2v) is 3.53. The number of alkyl halides is 2. The van der Waals surface area contributed by atoms with Crippen molar-refractivity contribution < 1.29 is 13.9 Å². The van der Waals surface area contributed by atoms with Gasteiger partial charge in [-0.1, -0.05) is 11.6 Å². The van der Waals surface area contributed by atoms with E-state index in [9.17, 15) is 13.9 Å². The van der Waals surface area contributed by atoms with E-state index in [1.54, 1.807) is 12.1 Å². The molecule has 0 saturated carbocycles. The van der Waals surface area contributed by atoms with E-state index in [2.05, 4.69) is 10.2 Å². The van der Waals surface area contributed by atoms with Crippen molar-refractivity contribution in [1.29, 1.82) is 0 Å². The summed E-state index contributed by atoms with van der Waals surface area (Å²) in [5.74, 6) is 0.0258. The van der Waals surface area contributed by atoms with Gasteiger partial charge in [0.15, 0.2) is 0 Å². The molecule has 0 aliphatic rings. The standard InChI is InChI=1S/C11H10F2N2O/c1-6-2-3-10(16)7(4-6)8-5-9(11(12)13)15-14-8/h2-5,11,16H,1H3,(H,14,15). The lowest BCUT2D eigenvalue weighted by atomic mass is 10.1. The highest BCUT2D eigenvalue weighted by Gasteiger charge is 2.13. The van der Waals surface area contributed by atoms with Gasteiger partial charge in [0.05, 0.1) is 5.69 Å². The molecule has 0 fully saturated rings. The first-order chi connectivity index (χ1) is 7.58. The Labute approximate surface area is 90.7 Å². The molecule has 84 valence electrons. The van der Waals surface area contributed by atoms with E-state index in [0.717, 1.165) is 5.56 Å². The van der Waals surface area contributed by atoms with Gasteiger partial charge in [0.25, 0.3) is 6.43 Å². The topological polar surface area (TPSA) is 48.9 Å². The van der Waals surface area contributed by atoms with E-state index in [1.165, 1.54) is 12.1 Å². The number of phenolic OH excluding ortho intramolecular Hbond substituents is 1. The lowest BCUT2D eigenvalue weighted by molar-refractivity contribution is 0.146. The summed E-state index contributed by atoms with van der Waals surface area (Å²) in [6.07, 6.45) is -2.59. The maximum atomic E-state index is 12.3. The van der Waals surface area contributed by atoms with Gasteiger partial charge in [-0.05, 0) is 25.1 Å². The average molecular weight is 224 g/mol. The Kier molecular flexibility index (Phi) is 2.60. The van der Waals surface area contributed by atoms with Crippen LogP contribution in [0, 0.1) is 6.92 Å². The summed E-state index contributed by atoms with van der Waals surface area (Å²) in [6.45, 7) is 1.85. The van der Waals surface area contributed by atoms with Gasteiger partial charge in [0.2, 0.25) is 0 Å². The molecule has 1 aromatic heterocycles. The first-order valence-electron chi connectivity index (χ1n) is 4.71. The van der Waals surface area contributed by atoms with Crippen LogP contribution in [0.4, 0.5) is 8.78 Å². The number of rotatable bonds is 2. The van der Waals surface area contributed by atoms with Crippen molar-refractivity contribution in [2.75, 3.05) is 0 Å². The van der Waals surface area contributed by atoms with Gasteiger partial charge in [-0.2, -0.15) is 5.10 Å². The second-order valence-electron chi connectivity index (χ2n) is 3.53. The van der Waals surface area contributed by atoms with Crippen LogP contribution in [-0.2, 0) is 0 Å². The predicted molar refractivity (Wildman–Crippen MR) is 55.4 cm³/mol. The Balaban J connectivity index is 2.46. The predicted octanol–water partition coefficient (Wildman–Crippen LogP) is 3.03. The molecule has 1 aromatic carbocycles. The lowest BCUT2D eigenvalue weighted by Gasteiger charge is -2.01. The summed E-state index contributed by atoms with van der Waals surface area (Å²) in [5, 5.41) is 15.6. The molecular formula is C11H10F2N2O. The Hall–Kier alpha value is -1.91. The van der Waals surface area contributed by atoms with E-state index in [0.29, 0.717) is 11.3 Å². The van der Waals surface area contributed by atoms with Gasteiger partial charge in [0.1, 0.15) is 11.4 Å². The number of benzene rings is 1. The summed E-state index contributed by atoms with van der Waals surface area (Å²) >= 11 is 0. The second kappa shape index (κ2) is 3.92. The Bertz CT molecular complexity index is 508. The van der Waals surface area contributed by atoms with Crippen molar-refractivity contribution in [2.24, 2.45) is 0 Å². The number of phenols is 1. The van der Waals surface area contributed by atoms with E-state index in [-0.39, 0.29) is 11.4 Å². The largest absolute Gasteiger partial charge is 0.507 e. The zero-order valence-corrected chi connectivity index (χ0v) is 8.54. The third-order valence-corrected chi connectivity index (χ3v) is 2.26. The first-order valence-corrected chi connectivity index (χ1v) is 4.71. The summed E-state index contributed by atoms with van der Waals surface area (Å²) in [6, 6.07) is 6.18. The van der Waals surface area contributed by atoms with Crippen molar-refractivity contribution >= 4 is 0 Å². The highest BCUT2D eigenvalue weighted by atomic mass is 19.3. The number of nitrogens with zero attached hydrogens (tertiary/aromatic N) is 1. The van der Waals surface area contributed by atoms with Crippen LogP contribution in [0.1, 0.15) is 17.7 Å². The number of aromatic hydroxyl groups is 1. The molecule has 0 aliphatic carbocycles. The molecule has 0 amide bonds. The van der Waals surface area contributed by atoms with Crippen LogP contribution in [0.5, 0.6) is 5.75 Å². The molecule has 2 aromatic rings. The van der Waals surface area contributed by atoms with Crippen LogP contribution in [0.15, 0.2) is 24.3 Å². The van der Waals surface area contributed by atoms with Crippen molar-refractivity contribution in [3.8, 4) is 17.0 Å². The van der Waals surface area contributed by atoms with Crippen molar-refractivity contribution in [3.63, 3.8) is 0 Å². The number of hydrogen-bond donors (Lipinski definition) is 2. The molecule has 0 aliphatic heterocycles. The SMILES string of the molecule is Cc1ccc(O)c(-c2cc(C(F)F)[nH]n2)c1. The average Bonchev–Trinajstić information content (AvgIpc) is 2.70. The van der Waals surface area contributed by atoms with E-state index in [4.69, 9.17) is 0 Å². The van der Waals surface area contributed by atoms with E-state index in [1.807, 2.05) is 6.92 Å².